The lowest BCUT2D eigenvalue weighted by Crippen LogP contribution is -2.12. The quantitative estimate of drug-likeness (QED) is 0.670. The van der Waals surface area contributed by atoms with Crippen molar-refractivity contribution in [2.24, 2.45) is 0 Å². The van der Waals surface area contributed by atoms with E-state index in [1.54, 1.807) is 60.7 Å². The van der Waals surface area contributed by atoms with Gasteiger partial charge in [-0.25, -0.2) is 4.98 Å². The molecule has 0 fully saturated rings. The van der Waals surface area contributed by atoms with Crippen LogP contribution in [0.25, 0.3) is 0 Å². The fraction of sp³-hybridized carbons (Fsp3) is 0.0476. The van der Waals surface area contributed by atoms with Crippen molar-refractivity contribution in [2.45, 2.75) is 6.92 Å². The summed E-state index contributed by atoms with van der Waals surface area (Å²) in [6, 6.07) is 19.1. The predicted octanol–water partition coefficient (Wildman–Crippen LogP) is 4.15. The summed E-state index contributed by atoms with van der Waals surface area (Å²) < 4.78 is 0. The molecule has 0 radical (unpaired) electrons. The van der Waals surface area contributed by atoms with Gasteiger partial charge in [0.1, 0.15) is 5.82 Å². The number of nitriles is 1. The van der Waals surface area contributed by atoms with E-state index in [0.717, 1.165) is 5.69 Å². The summed E-state index contributed by atoms with van der Waals surface area (Å²) in [5.74, 6) is 0.271. The lowest BCUT2D eigenvalue weighted by Gasteiger charge is -2.08. The third-order valence-electron chi connectivity index (χ3n) is 3.86. The number of Topliss-reactive ketones (excluding diaryl/α,β-unsaturated/α-hetero) is 1. The molecule has 1 heterocycles. The van der Waals surface area contributed by atoms with Crippen LogP contribution < -0.4 is 10.6 Å². The third kappa shape index (κ3) is 4.55. The van der Waals surface area contributed by atoms with Gasteiger partial charge in [-0.3, -0.25) is 9.59 Å². The number of carbonyl (C=O) groups excluding carboxylic acids is 2. The minimum atomic E-state index is -0.289. The van der Waals surface area contributed by atoms with Crippen LogP contribution in [0.2, 0.25) is 0 Å². The van der Waals surface area contributed by atoms with Crippen LogP contribution in [0.4, 0.5) is 17.2 Å². The van der Waals surface area contributed by atoms with Gasteiger partial charge in [-0.2, -0.15) is 5.26 Å². The molecule has 1 amide bonds. The number of ketones is 1. The number of amides is 1. The molecular weight excluding hydrogens is 340 g/mol. The molecule has 3 aromatic rings. The smallest absolute Gasteiger partial charge is 0.257 e. The molecule has 1 aromatic heterocycles. The van der Waals surface area contributed by atoms with Crippen LogP contribution in [0, 0.1) is 11.3 Å². The van der Waals surface area contributed by atoms with Crippen LogP contribution in [-0.2, 0) is 0 Å². The van der Waals surface area contributed by atoms with E-state index >= 15 is 0 Å². The summed E-state index contributed by atoms with van der Waals surface area (Å²) in [7, 11) is 0. The molecule has 3 rings (SSSR count). The van der Waals surface area contributed by atoms with Crippen LogP contribution in [0.1, 0.15) is 33.2 Å². The van der Waals surface area contributed by atoms with Crippen LogP contribution in [0.15, 0.2) is 66.9 Å². The fourth-order valence-corrected chi connectivity index (χ4v) is 2.37. The molecule has 2 N–H and O–H groups in total. The Labute approximate surface area is 156 Å². The molecule has 0 aliphatic heterocycles. The van der Waals surface area contributed by atoms with E-state index in [9.17, 15) is 9.59 Å². The highest BCUT2D eigenvalue weighted by atomic mass is 16.1. The van der Waals surface area contributed by atoms with Crippen molar-refractivity contribution in [1.82, 2.24) is 4.98 Å². The highest BCUT2D eigenvalue weighted by molar-refractivity contribution is 6.04. The molecule has 0 aliphatic rings. The van der Waals surface area contributed by atoms with Crippen molar-refractivity contribution in [1.29, 1.82) is 5.26 Å². The summed E-state index contributed by atoms with van der Waals surface area (Å²) >= 11 is 0. The van der Waals surface area contributed by atoms with Gasteiger partial charge in [0.15, 0.2) is 5.78 Å². The zero-order valence-corrected chi connectivity index (χ0v) is 14.6. The number of nitrogens with one attached hydrogen (secondary N) is 2. The Morgan fingerprint density at radius 3 is 2.07 bits per heavy atom. The standard InChI is InChI=1S/C21H16N4O2/c1-14(26)16-4-9-19(10-5-16)25-21(27)17-6-11-20(23-13-17)24-18-7-2-15(12-22)3-8-18/h2-11,13H,1H3,(H,23,24)(H,25,27). The normalized spacial score (nSPS) is 9.93. The number of aromatic nitrogens is 1. The summed E-state index contributed by atoms with van der Waals surface area (Å²) in [5.41, 5.74) is 2.98. The number of hydrogen-bond acceptors (Lipinski definition) is 5. The molecule has 6 nitrogen and oxygen atoms in total. The van der Waals surface area contributed by atoms with Gasteiger partial charge in [0.05, 0.1) is 17.2 Å². The van der Waals surface area contributed by atoms with Gasteiger partial charge in [-0.05, 0) is 67.6 Å². The van der Waals surface area contributed by atoms with E-state index in [1.807, 2.05) is 0 Å². The maximum absolute atomic E-state index is 12.3. The molecule has 27 heavy (non-hydrogen) atoms. The predicted molar refractivity (Wildman–Crippen MR) is 103 cm³/mol. The lowest BCUT2D eigenvalue weighted by molar-refractivity contribution is 0.101. The maximum atomic E-state index is 12.3. The van der Waals surface area contributed by atoms with Gasteiger partial charge in [-0.1, -0.05) is 0 Å². The summed E-state index contributed by atoms with van der Waals surface area (Å²) in [5, 5.41) is 14.7. The largest absolute Gasteiger partial charge is 0.340 e. The summed E-state index contributed by atoms with van der Waals surface area (Å²) in [6.07, 6.45) is 1.48. The molecule has 0 aliphatic carbocycles. The van der Waals surface area contributed by atoms with E-state index in [1.165, 1.54) is 13.1 Å². The fourth-order valence-electron chi connectivity index (χ4n) is 2.37. The van der Waals surface area contributed by atoms with E-state index in [2.05, 4.69) is 21.7 Å². The third-order valence-corrected chi connectivity index (χ3v) is 3.86. The van der Waals surface area contributed by atoms with Crippen molar-refractivity contribution < 1.29 is 9.59 Å². The Bertz CT molecular complexity index is 1000. The van der Waals surface area contributed by atoms with Gasteiger partial charge >= 0.3 is 0 Å². The Morgan fingerprint density at radius 2 is 1.52 bits per heavy atom. The highest BCUT2D eigenvalue weighted by Crippen LogP contribution is 2.16. The van der Waals surface area contributed by atoms with Gasteiger partial charge < -0.3 is 10.6 Å². The molecule has 0 unspecified atom stereocenters. The van der Waals surface area contributed by atoms with E-state index in [0.29, 0.717) is 28.2 Å². The zero-order valence-electron chi connectivity index (χ0n) is 14.6. The zero-order chi connectivity index (χ0) is 19.2. The number of rotatable bonds is 5. The SMILES string of the molecule is CC(=O)c1ccc(NC(=O)c2ccc(Nc3ccc(C#N)cc3)nc2)cc1. The minimum absolute atomic E-state index is 0.0255. The van der Waals surface area contributed by atoms with E-state index < -0.39 is 0 Å². The second-order valence-electron chi connectivity index (χ2n) is 5.83. The molecule has 132 valence electrons. The van der Waals surface area contributed by atoms with Gasteiger partial charge in [0.2, 0.25) is 0 Å². The van der Waals surface area contributed by atoms with Gasteiger partial charge in [0.25, 0.3) is 5.91 Å². The monoisotopic (exact) mass is 356 g/mol. The first kappa shape index (κ1) is 17.8. The Hall–Kier alpha value is -3.98. The van der Waals surface area contributed by atoms with Crippen molar-refractivity contribution in [3.63, 3.8) is 0 Å². The minimum Gasteiger partial charge on any atom is -0.340 e. The Balaban J connectivity index is 1.64. The van der Waals surface area contributed by atoms with Gasteiger partial charge in [0, 0.05) is 23.1 Å². The molecule has 0 spiro atoms. The molecule has 0 atom stereocenters. The molecule has 6 heteroatoms. The number of anilines is 3. The molecule has 0 bridgehead atoms. The second kappa shape index (κ2) is 7.93. The molecular formula is C21H16N4O2. The van der Waals surface area contributed by atoms with E-state index in [-0.39, 0.29) is 11.7 Å². The molecule has 0 saturated heterocycles. The molecule has 0 saturated carbocycles. The average molecular weight is 356 g/mol. The number of hydrogen-bond donors (Lipinski definition) is 2. The number of carbonyl (C=O) groups is 2. The number of nitrogens with zero attached hydrogens (tertiary/aromatic N) is 2. The van der Waals surface area contributed by atoms with Gasteiger partial charge in [-0.15, -0.1) is 0 Å². The average Bonchev–Trinajstić information content (AvgIpc) is 2.69. The van der Waals surface area contributed by atoms with Crippen molar-refractivity contribution in [2.75, 3.05) is 10.6 Å². The number of pyridine rings is 1. The highest BCUT2D eigenvalue weighted by Gasteiger charge is 2.08. The van der Waals surface area contributed by atoms with Crippen molar-refractivity contribution in [3.05, 3.63) is 83.6 Å². The van der Waals surface area contributed by atoms with Crippen LogP contribution >= 0.6 is 0 Å². The first-order valence-electron chi connectivity index (χ1n) is 8.21. The number of benzene rings is 2. The van der Waals surface area contributed by atoms with Crippen LogP contribution in [0.5, 0.6) is 0 Å². The lowest BCUT2D eigenvalue weighted by atomic mass is 10.1. The first-order valence-corrected chi connectivity index (χ1v) is 8.21. The van der Waals surface area contributed by atoms with Crippen LogP contribution in [0.3, 0.4) is 0 Å². The molecule has 2 aromatic carbocycles. The maximum Gasteiger partial charge on any atom is 0.257 e. The topological polar surface area (TPSA) is 94.9 Å². The first-order chi connectivity index (χ1) is 13.0. The van der Waals surface area contributed by atoms with E-state index in [4.69, 9.17) is 5.26 Å². The van der Waals surface area contributed by atoms with Crippen LogP contribution in [-0.4, -0.2) is 16.7 Å². The van der Waals surface area contributed by atoms with Crippen molar-refractivity contribution >= 4 is 28.9 Å². The Morgan fingerprint density at radius 1 is 0.889 bits per heavy atom. The van der Waals surface area contributed by atoms with Crippen molar-refractivity contribution in [3.8, 4) is 6.07 Å². The Kier molecular flexibility index (Phi) is 5.24. The summed E-state index contributed by atoms with van der Waals surface area (Å²) in [6.45, 7) is 1.49. The second-order valence-corrected chi connectivity index (χ2v) is 5.83. The summed E-state index contributed by atoms with van der Waals surface area (Å²) in [4.78, 5) is 27.8.